The van der Waals surface area contributed by atoms with Gasteiger partial charge in [-0.25, -0.2) is 14.4 Å². The van der Waals surface area contributed by atoms with Gasteiger partial charge in [0.2, 0.25) is 0 Å². The van der Waals surface area contributed by atoms with Gasteiger partial charge in [0.25, 0.3) is 11.8 Å². The maximum Gasteiger partial charge on any atom is 0.408 e. The Morgan fingerprint density at radius 2 is 1.43 bits per heavy atom. The van der Waals surface area contributed by atoms with E-state index < -0.39 is 48.1 Å². The highest BCUT2D eigenvalue weighted by Crippen LogP contribution is 2.27. The molecular weight excluding hydrogens is 516 g/mol. The molecule has 0 aromatic heterocycles. The molecule has 3 N–H and O–H groups in total. The molecular formula is C29H28N4O7. The zero-order valence-corrected chi connectivity index (χ0v) is 21.7. The zero-order valence-electron chi connectivity index (χ0n) is 21.7. The van der Waals surface area contributed by atoms with Crippen molar-refractivity contribution in [1.82, 2.24) is 21.1 Å². The zero-order chi connectivity index (χ0) is 28.5. The topological polar surface area (TPSA) is 143 Å². The molecule has 206 valence electrons. The van der Waals surface area contributed by atoms with Crippen molar-refractivity contribution >= 4 is 29.9 Å². The quantitative estimate of drug-likeness (QED) is 0.263. The van der Waals surface area contributed by atoms with E-state index >= 15 is 0 Å². The molecule has 0 saturated carbocycles. The summed E-state index contributed by atoms with van der Waals surface area (Å²) in [5, 5.41) is 5.59. The third-order valence-electron chi connectivity index (χ3n) is 6.20. The van der Waals surface area contributed by atoms with Gasteiger partial charge < -0.3 is 20.1 Å². The number of hydrogen-bond donors (Lipinski definition) is 3. The summed E-state index contributed by atoms with van der Waals surface area (Å²) in [6.45, 7) is 0.714. The molecule has 0 bridgehead atoms. The highest BCUT2D eigenvalue weighted by atomic mass is 16.6. The Labute approximate surface area is 230 Å². The molecule has 11 heteroatoms. The molecule has 1 unspecified atom stereocenters. The highest BCUT2D eigenvalue weighted by Gasteiger charge is 2.50. The van der Waals surface area contributed by atoms with Crippen LogP contribution in [0.2, 0.25) is 0 Å². The first-order valence-corrected chi connectivity index (χ1v) is 12.5. The summed E-state index contributed by atoms with van der Waals surface area (Å²) in [5.74, 6) is -2.52. The van der Waals surface area contributed by atoms with Gasteiger partial charge in [-0.05, 0) is 23.6 Å². The third kappa shape index (κ3) is 6.81. The van der Waals surface area contributed by atoms with E-state index in [-0.39, 0.29) is 13.0 Å². The maximum absolute atomic E-state index is 13.0. The first-order valence-electron chi connectivity index (χ1n) is 12.5. The molecule has 1 aliphatic heterocycles. The number of hydrazine groups is 1. The van der Waals surface area contributed by atoms with E-state index in [1.165, 1.54) is 6.92 Å². The first kappa shape index (κ1) is 27.8. The van der Waals surface area contributed by atoms with Gasteiger partial charge in [-0.15, -0.1) is 0 Å². The van der Waals surface area contributed by atoms with E-state index in [0.717, 1.165) is 11.1 Å². The van der Waals surface area contributed by atoms with Crippen molar-refractivity contribution in [2.45, 2.75) is 31.5 Å². The van der Waals surface area contributed by atoms with Crippen LogP contribution in [-0.4, -0.2) is 47.6 Å². The summed E-state index contributed by atoms with van der Waals surface area (Å²) in [7, 11) is 0. The first-order chi connectivity index (χ1) is 19.3. The maximum atomic E-state index is 13.0. The monoisotopic (exact) mass is 544 g/mol. The molecule has 1 aliphatic rings. The number of nitrogens with zero attached hydrogens (tertiary/aromatic N) is 1. The number of urea groups is 1. The molecule has 40 heavy (non-hydrogen) atoms. The number of rotatable bonds is 10. The number of carbonyl (C=O) groups excluding carboxylic acids is 5. The smallest absolute Gasteiger partial charge is 0.408 e. The van der Waals surface area contributed by atoms with E-state index in [4.69, 9.17) is 9.47 Å². The Balaban J connectivity index is 1.35. The number of imide groups is 1. The van der Waals surface area contributed by atoms with E-state index in [9.17, 15) is 24.0 Å². The van der Waals surface area contributed by atoms with Crippen LogP contribution in [0.4, 0.5) is 9.59 Å². The SMILES string of the molecule is CC1(c2ccccc2)NC(=O)N(NC(=O)COC(=O)[C@H](Cc2ccccc2)NC(=O)OCc2ccccc2)C1=O. The van der Waals surface area contributed by atoms with Gasteiger partial charge in [0, 0.05) is 6.42 Å². The fourth-order valence-electron chi connectivity index (χ4n) is 4.05. The van der Waals surface area contributed by atoms with Crippen molar-refractivity contribution < 1.29 is 33.4 Å². The molecule has 0 radical (unpaired) electrons. The lowest BCUT2D eigenvalue weighted by molar-refractivity contribution is -0.152. The average Bonchev–Trinajstić information content (AvgIpc) is 3.19. The minimum Gasteiger partial charge on any atom is -0.454 e. The summed E-state index contributed by atoms with van der Waals surface area (Å²) in [5.41, 5.74) is 2.82. The number of alkyl carbamates (subject to hydrolysis) is 1. The van der Waals surface area contributed by atoms with E-state index in [1.54, 1.807) is 84.9 Å². The Hall–Kier alpha value is -5.19. The van der Waals surface area contributed by atoms with Gasteiger partial charge in [-0.3, -0.25) is 15.0 Å². The van der Waals surface area contributed by atoms with Gasteiger partial charge in [0.05, 0.1) is 0 Å². The van der Waals surface area contributed by atoms with Crippen LogP contribution >= 0.6 is 0 Å². The Morgan fingerprint density at radius 3 is 2.05 bits per heavy atom. The van der Waals surface area contributed by atoms with Gasteiger partial charge in [0.15, 0.2) is 6.61 Å². The molecule has 5 amide bonds. The normalized spacial score (nSPS) is 17.0. The summed E-state index contributed by atoms with van der Waals surface area (Å²) in [6, 6.07) is 24.5. The molecule has 1 fully saturated rings. The number of amides is 5. The van der Waals surface area contributed by atoms with Crippen molar-refractivity contribution in [3.05, 3.63) is 108 Å². The second kappa shape index (κ2) is 12.6. The van der Waals surface area contributed by atoms with Gasteiger partial charge in [0.1, 0.15) is 18.2 Å². The largest absolute Gasteiger partial charge is 0.454 e. The van der Waals surface area contributed by atoms with Crippen LogP contribution in [0.3, 0.4) is 0 Å². The third-order valence-corrected chi connectivity index (χ3v) is 6.20. The van der Waals surface area contributed by atoms with Crippen LogP contribution in [0.5, 0.6) is 0 Å². The molecule has 0 aliphatic carbocycles. The standard InChI is InChI=1S/C29H28N4O7/c1-29(22-15-9-4-10-16-22)26(36)33(27(37)31-29)32-24(34)19-39-25(35)23(17-20-11-5-2-6-12-20)30-28(38)40-18-21-13-7-3-8-14-21/h2-16,23H,17-19H2,1H3,(H,30,38)(H,31,37)(H,32,34)/t23-,29?/m0/s1. The molecule has 4 rings (SSSR count). The van der Waals surface area contributed by atoms with Crippen LogP contribution in [0, 0.1) is 0 Å². The lowest BCUT2D eigenvalue weighted by atomic mass is 9.92. The summed E-state index contributed by atoms with van der Waals surface area (Å²) >= 11 is 0. The van der Waals surface area contributed by atoms with Crippen LogP contribution in [-0.2, 0) is 42.4 Å². The molecule has 0 spiro atoms. The number of esters is 1. The van der Waals surface area contributed by atoms with Gasteiger partial charge in [-0.2, -0.15) is 5.01 Å². The van der Waals surface area contributed by atoms with Crippen molar-refractivity contribution in [2.75, 3.05) is 6.61 Å². The van der Waals surface area contributed by atoms with Crippen LogP contribution in [0.1, 0.15) is 23.6 Å². The molecule has 2 atom stereocenters. The predicted octanol–water partition coefficient (Wildman–Crippen LogP) is 2.57. The molecule has 11 nitrogen and oxygen atoms in total. The fraction of sp³-hybridized carbons (Fsp3) is 0.207. The van der Waals surface area contributed by atoms with Crippen LogP contribution in [0.15, 0.2) is 91.0 Å². The van der Waals surface area contributed by atoms with E-state index in [0.29, 0.717) is 10.6 Å². The van der Waals surface area contributed by atoms with E-state index in [1.807, 2.05) is 6.07 Å². The number of ether oxygens (including phenoxy) is 2. The van der Waals surface area contributed by atoms with Crippen molar-refractivity contribution in [3.8, 4) is 0 Å². The van der Waals surface area contributed by atoms with Gasteiger partial charge in [-0.1, -0.05) is 91.0 Å². The second-order valence-corrected chi connectivity index (χ2v) is 9.15. The number of carbonyl (C=O) groups is 5. The molecule has 3 aromatic rings. The van der Waals surface area contributed by atoms with E-state index in [2.05, 4.69) is 16.1 Å². The number of hydrogen-bond acceptors (Lipinski definition) is 7. The fourth-order valence-corrected chi connectivity index (χ4v) is 4.05. The second-order valence-electron chi connectivity index (χ2n) is 9.15. The van der Waals surface area contributed by atoms with Crippen LogP contribution < -0.4 is 16.1 Å². The Kier molecular flexibility index (Phi) is 8.75. The summed E-state index contributed by atoms with van der Waals surface area (Å²) in [6.07, 6.45) is -0.768. The molecule has 3 aromatic carbocycles. The minimum absolute atomic E-state index is 0.00396. The van der Waals surface area contributed by atoms with Crippen molar-refractivity contribution in [1.29, 1.82) is 0 Å². The predicted molar refractivity (Wildman–Crippen MR) is 142 cm³/mol. The Bertz CT molecular complexity index is 1370. The highest BCUT2D eigenvalue weighted by molar-refractivity contribution is 6.08. The number of benzene rings is 3. The summed E-state index contributed by atoms with van der Waals surface area (Å²) in [4.78, 5) is 63.3. The van der Waals surface area contributed by atoms with Crippen LogP contribution in [0.25, 0.3) is 0 Å². The van der Waals surface area contributed by atoms with Crippen molar-refractivity contribution in [3.63, 3.8) is 0 Å². The lowest BCUT2D eigenvalue weighted by Crippen LogP contribution is -2.50. The molecule has 1 saturated heterocycles. The average molecular weight is 545 g/mol. The van der Waals surface area contributed by atoms with Crippen molar-refractivity contribution in [2.24, 2.45) is 0 Å². The molecule has 1 heterocycles. The minimum atomic E-state index is -1.38. The Morgan fingerprint density at radius 1 is 0.850 bits per heavy atom. The van der Waals surface area contributed by atoms with Gasteiger partial charge >= 0.3 is 18.1 Å². The summed E-state index contributed by atoms with van der Waals surface area (Å²) < 4.78 is 10.3. The number of nitrogens with one attached hydrogen (secondary N) is 3. The lowest BCUT2D eigenvalue weighted by Gasteiger charge is -2.22.